The molecule has 0 saturated carbocycles. The van der Waals surface area contributed by atoms with Crippen LogP contribution in [-0.2, 0) is 16.0 Å². The maximum absolute atomic E-state index is 11.3. The summed E-state index contributed by atoms with van der Waals surface area (Å²) >= 11 is 1.50. The molecule has 0 bridgehead atoms. The van der Waals surface area contributed by atoms with E-state index in [1.807, 2.05) is 20.8 Å². The van der Waals surface area contributed by atoms with Crippen molar-refractivity contribution in [1.82, 2.24) is 4.98 Å². The van der Waals surface area contributed by atoms with Crippen molar-refractivity contribution in [3.63, 3.8) is 0 Å². The number of ether oxygens (including phenoxy) is 1. The average Bonchev–Trinajstić information content (AvgIpc) is 2.59. The van der Waals surface area contributed by atoms with E-state index in [1.54, 1.807) is 6.20 Å². The molecule has 0 radical (unpaired) electrons. The number of hydrogen-bond donors (Lipinski definition) is 0. The second-order valence-electron chi connectivity index (χ2n) is 4.24. The molecule has 4 heteroatoms. The van der Waals surface area contributed by atoms with Crippen LogP contribution >= 0.6 is 11.3 Å². The van der Waals surface area contributed by atoms with E-state index in [4.69, 9.17) is 4.74 Å². The van der Waals surface area contributed by atoms with Gasteiger partial charge in [0.05, 0.1) is 0 Å². The van der Waals surface area contributed by atoms with E-state index in [0.717, 1.165) is 11.3 Å². The summed E-state index contributed by atoms with van der Waals surface area (Å²) in [6, 6.07) is 0. The van der Waals surface area contributed by atoms with Crippen LogP contribution in [0.15, 0.2) is 6.20 Å². The summed E-state index contributed by atoms with van der Waals surface area (Å²) < 4.78 is 5.06. The third-order valence-corrected chi connectivity index (χ3v) is 2.63. The fourth-order valence-electron chi connectivity index (χ4n) is 0.937. The van der Waals surface area contributed by atoms with Crippen LogP contribution < -0.4 is 0 Å². The van der Waals surface area contributed by atoms with Crippen LogP contribution in [0, 0.1) is 11.8 Å². The molecule has 0 aliphatic rings. The minimum absolute atomic E-state index is 0.497. The maximum atomic E-state index is 11.3. The molecule has 0 fully saturated rings. The van der Waals surface area contributed by atoms with Gasteiger partial charge in [-0.1, -0.05) is 6.92 Å². The fraction of sp³-hybridized carbons (Fsp3) is 0.500. The molecule has 1 aromatic rings. The first-order valence-electron chi connectivity index (χ1n) is 5.10. The second-order valence-corrected chi connectivity index (χ2v) is 5.35. The Kier molecular flexibility index (Phi) is 4.08. The maximum Gasteiger partial charge on any atom is 0.385 e. The van der Waals surface area contributed by atoms with Crippen molar-refractivity contribution in [2.75, 3.05) is 0 Å². The van der Waals surface area contributed by atoms with Crippen LogP contribution in [0.5, 0.6) is 0 Å². The molecular weight excluding hydrogens is 222 g/mol. The molecule has 0 N–H and O–H groups in total. The lowest BCUT2D eigenvalue weighted by molar-refractivity contribution is -0.147. The number of aromatic nitrogens is 1. The van der Waals surface area contributed by atoms with Crippen molar-refractivity contribution in [3.8, 4) is 11.8 Å². The first-order chi connectivity index (χ1) is 7.40. The zero-order valence-electron chi connectivity index (χ0n) is 9.96. The van der Waals surface area contributed by atoms with Crippen molar-refractivity contribution in [2.24, 2.45) is 0 Å². The molecule has 1 heterocycles. The Labute approximate surface area is 99.9 Å². The minimum Gasteiger partial charge on any atom is -0.450 e. The summed E-state index contributed by atoms with van der Waals surface area (Å²) in [4.78, 5) is 16.5. The van der Waals surface area contributed by atoms with E-state index >= 15 is 0 Å². The highest BCUT2D eigenvalue weighted by atomic mass is 32.1. The Balaban J connectivity index is 2.64. The highest BCUT2D eigenvalue weighted by Crippen LogP contribution is 2.12. The summed E-state index contributed by atoms with van der Waals surface area (Å²) in [5.74, 6) is 4.62. The van der Waals surface area contributed by atoms with Gasteiger partial charge in [0, 0.05) is 17.0 Å². The molecule has 0 amide bonds. The van der Waals surface area contributed by atoms with E-state index in [-0.39, 0.29) is 0 Å². The van der Waals surface area contributed by atoms with Crippen molar-refractivity contribution < 1.29 is 9.53 Å². The predicted octanol–water partition coefficient (Wildman–Crippen LogP) is 2.40. The normalized spacial score (nSPS) is 10.5. The number of esters is 1. The molecule has 0 aliphatic carbocycles. The summed E-state index contributed by atoms with van der Waals surface area (Å²) in [6.45, 7) is 7.49. The van der Waals surface area contributed by atoms with E-state index in [2.05, 4.69) is 23.7 Å². The van der Waals surface area contributed by atoms with Crippen molar-refractivity contribution in [3.05, 3.63) is 16.1 Å². The summed E-state index contributed by atoms with van der Waals surface area (Å²) in [5, 5.41) is 0.655. The van der Waals surface area contributed by atoms with Gasteiger partial charge in [-0.2, -0.15) is 0 Å². The number of hydrogen-bond acceptors (Lipinski definition) is 4. The highest BCUT2D eigenvalue weighted by molar-refractivity contribution is 7.12. The zero-order chi connectivity index (χ0) is 12.2. The lowest BCUT2D eigenvalue weighted by Crippen LogP contribution is -2.22. The third-order valence-electron chi connectivity index (χ3n) is 1.57. The Morgan fingerprint density at radius 3 is 2.75 bits per heavy atom. The SMILES string of the molecule is CCc1cnc(C#CC(=O)OC(C)(C)C)s1. The molecule has 1 rings (SSSR count). The molecule has 86 valence electrons. The summed E-state index contributed by atoms with van der Waals surface area (Å²) in [5.41, 5.74) is -0.497. The van der Waals surface area contributed by atoms with Crippen molar-refractivity contribution in [2.45, 2.75) is 39.7 Å². The monoisotopic (exact) mass is 237 g/mol. The number of nitrogens with zero attached hydrogens (tertiary/aromatic N) is 1. The zero-order valence-corrected chi connectivity index (χ0v) is 10.8. The van der Waals surface area contributed by atoms with Crippen molar-refractivity contribution in [1.29, 1.82) is 0 Å². The molecule has 0 aliphatic heterocycles. The van der Waals surface area contributed by atoms with Crippen molar-refractivity contribution >= 4 is 17.3 Å². The van der Waals surface area contributed by atoms with Crippen LogP contribution in [0.2, 0.25) is 0 Å². The van der Waals surface area contributed by atoms with E-state index in [1.165, 1.54) is 11.3 Å². The molecule has 0 saturated heterocycles. The van der Waals surface area contributed by atoms with Crippen LogP contribution in [-0.4, -0.2) is 16.6 Å². The lowest BCUT2D eigenvalue weighted by atomic mass is 10.2. The number of aryl methyl sites for hydroxylation is 1. The fourth-order valence-corrected chi connectivity index (χ4v) is 1.64. The minimum atomic E-state index is -0.513. The van der Waals surface area contributed by atoms with Gasteiger partial charge in [0.25, 0.3) is 0 Å². The number of carbonyl (C=O) groups excluding carboxylic acids is 1. The Morgan fingerprint density at radius 2 is 2.25 bits per heavy atom. The molecular formula is C12H15NO2S. The predicted molar refractivity (Wildman–Crippen MR) is 64.2 cm³/mol. The molecule has 0 atom stereocenters. The quantitative estimate of drug-likeness (QED) is 0.556. The van der Waals surface area contributed by atoms with E-state index in [0.29, 0.717) is 5.01 Å². The van der Waals surface area contributed by atoms with Gasteiger partial charge in [0.1, 0.15) is 5.60 Å². The topological polar surface area (TPSA) is 39.2 Å². The van der Waals surface area contributed by atoms with Gasteiger partial charge in [-0.05, 0) is 33.1 Å². The standard InChI is InChI=1S/C12H15NO2S/c1-5-9-8-13-10(16-9)6-7-11(14)15-12(2,3)4/h8H,5H2,1-4H3. The van der Waals surface area contributed by atoms with Gasteiger partial charge in [-0.25, -0.2) is 9.78 Å². The molecule has 3 nitrogen and oxygen atoms in total. The Bertz CT molecular complexity index is 432. The van der Waals surface area contributed by atoms with Gasteiger partial charge >= 0.3 is 5.97 Å². The van der Waals surface area contributed by atoms with Crippen LogP contribution in [0.4, 0.5) is 0 Å². The Morgan fingerprint density at radius 1 is 1.56 bits per heavy atom. The summed E-state index contributed by atoms with van der Waals surface area (Å²) in [6.07, 6.45) is 2.72. The van der Waals surface area contributed by atoms with Crippen LogP contribution in [0.1, 0.15) is 37.6 Å². The number of rotatable bonds is 1. The molecule has 1 aromatic heterocycles. The van der Waals surface area contributed by atoms with E-state index in [9.17, 15) is 4.79 Å². The summed E-state index contributed by atoms with van der Waals surface area (Å²) in [7, 11) is 0. The Hall–Kier alpha value is -1.34. The van der Waals surface area contributed by atoms with Crippen LogP contribution in [0.3, 0.4) is 0 Å². The second kappa shape index (κ2) is 5.13. The smallest absolute Gasteiger partial charge is 0.385 e. The van der Waals surface area contributed by atoms with Gasteiger partial charge < -0.3 is 4.74 Å². The van der Waals surface area contributed by atoms with Gasteiger partial charge in [-0.15, -0.1) is 11.3 Å². The molecule has 0 spiro atoms. The molecule has 0 aromatic carbocycles. The average molecular weight is 237 g/mol. The molecule has 16 heavy (non-hydrogen) atoms. The lowest BCUT2D eigenvalue weighted by Gasteiger charge is -2.16. The first kappa shape index (κ1) is 12.7. The highest BCUT2D eigenvalue weighted by Gasteiger charge is 2.14. The largest absolute Gasteiger partial charge is 0.450 e. The number of carbonyl (C=O) groups is 1. The third kappa shape index (κ3) is 4.45. The van der Waals surface area contributed by atoms with Gasteiger partial charge in [0.15, 0.2) is 5.01 Å². The molecule has 0 unspecified atom stereocenters. The van der Waals surface area contributed by atoms with E-state index < -0.39 is 11.6 Å². The van der Waals surface area contributed by atoms with Crippen LogP contribution in [0.25, 0.3) is 0 Å². The number of thiazole rings is 1. The van der Waals surface area contributed by atoms with Gasteiger partial charge in [0.2, 0.25) is 0 Å². The first-order valence-corrected chi connectivity index (χ1v) is 5.92. The van der Waals surface area contributed by atoms with Gasteiger partial charge in [-0.3, -0.25) is 0 Å².